The van der Waals surface area contributed by atoms with E-state index in [0.29, 0.717) is 36.0 Å². The highest BCUT2D eigenvalue weighted by Gasteiger charge is 2.15. The highest BCUT2D eigenvalue weighted by molar-refractivity contribution is 5.82. The van der Waals surface area contributed by atoms with Crippen molar-refractivity contribution in [1.82, 2.24) is 15.0 Å². The molecular weight excluding hydrogens is 421 g/mol. The lowest BCUT2D eigenvalue weighted by Crippen LogP contribution is -2.21. The van der Waals surface area contributed by atoms with Gasteiger partial charge >= 0.3 is 0 Å². The van der Waals surface area contributed by atoms with Gasteiger partial charge in [-0.2, -0.15) is 4.98 Å². The van der Waals surface area contributed by atoms with E-state index in [1.807, 2.05) is 31.2 Å². The molecule has 1 N–H and O–H groups in total. The minimum absolute atomic E-state index is 0.134. The summed E-state index contributed by atoms with van der Waals surface area (Å²) in [6.07, 6.45) is 4.22. The van der Waals surface area contributed by atoms with Gasteiger partial charge in [0.15, 0.2) is 11.6 Å². The van der Waals surface area contributed by atoms with Crippen molar-refractivity contribution in [2.24, 2.45) is 5.92 Å². The fourth-order valence-electron chi connectivity index (χ4n) is 4.06. The van der Waals surface area contributed by atoms with Crippen LogP contribution in [0.5, 0.6) is 17.4 Å². The van der Waals surface area contributed by atoms with Crippen LogP contribution in [0.2, 0.25) is 0 Å². The first-order valence-corrected chi connectivity index (χ1v) is 11.2. The molecular formula is C26H26FN3O3. The molecule has 4 aromatic rings. The Bertz CT molecular complexity index is 1250. The number of H-pyrrole nitrogens is 1. The van der Waals surface area contributed by atoms with Crippen LogP contribution in [0, 0.1) is 18.7 Å². The maximum Gasteiger partial charge on any atom is 0.222 e. The van der Waals surface area contributed by atoms with Gasteiger partial charge in [-0.15, -0.1) is 0 Å². The lowest BCUT2D eigenvalue weighted by atomic mass is 10.0. The van der Waals surface area contributed by atoms with Crippen LogP contribution in [0.3, 0.4) is 0 Å². The molecule has 5 rings (SSSR count). The number of aromatic nitrogens is 3. The molecule has 0 atom stereocenters. The van der Waals surface area contributed by atoms with Crippen LogP contribution < -0.4 is 9.47 Å². The number of benzene rings is 2. The van der Waals surface area contributed by atoms with E-state index in [1.165, 1.54) is 0 Å². The van der Waals surface area contributed by atoms with Crippen molar-refractivity contribution in [2.75, 3.05) is 19.8 Å². The fraction of sp³-hybridized carbons (Fsp3) is 0.308. The average Bonchev–Trinajstić information content (AvgIpc) is 3.22. The number of aromatic amines is 1. The Morgan fingerprint density at radius 1 is 1.12 bits per heavy atom. The molecule has 1 aliphatic heterocycles. The summed E-state index contributed by atoms with van der Waals surface area (Å²) in [7, 11) is 0. The molecule has 1 saturated heterocycles. The van der Waals surface area contributed by atoms with Crippen LogP contribution >= 0.6 is 0 Å². The molecule has 3 heterocycles. The zero-order valence-corrected chi connectivity index (χ0v) is 18.5. The normalized spacial score (nSPS) is 14.5. The molecule has 0 saturated carbocycles. The molecule has 0 amide bonds. The Kier molecular flexibility index (Phi) is 6.21. The van der Waals surface area contributed by atoms with Gasteiger partial charge in [0.05, 0.1) is 6.61 Å². The SMILES string of the molecule is Cc1cc2c(F)c(Oc3ccnc(Cc4cccc(OCC5CCOCC5)c4)n3)ccc2[nH]1. The van der Waals surface area contributed by atoms with Crippen molar-refractivity contribution >= 4 is 10.9 Å². The molecule has 0 spiro atoms. The first-order valence-electron chi connectivity index (χ1n) is 11.2. The van der Waals surface area contributed by atoms with Crippen molar-refractivity contribution in [3.63, 3.8) is 0 Å². The molecule has 7 heteroatoms. The number of hydrogen-bond donors (Lipinski definition) is 1. The van der Waals surface area contributed by atoms with Gasteiger partial charge < -0.3 is 19.2 Å². The Labute approximate surface area is 191 Å². The Morgan fingerprint density at radius 2 is 2.00 bits per heavy atom. The number of rotatable bonds is 7. The van der Waals surface area contributed by atoms with E-state index in [1.54, 1.807) is 30.5 Å². The number of aryl methyl sites for hydroxylation is 1. The topological polar surface area (TPSA) is 69.3 Å². The van der Waals surface area contributed by atoms with E-state index in [4.69, 9.17) is 14.2 Å². The number of halogens is 1. The molecule has 0 radical (unpaired) electrons. The van der Waals surface area contributed by atoms with Gasteiger partial charge in [-0.25, -0.2) is 9.37 Å². The summed E-state index contributed by atoms with van der Waals surface area (Å²) in [5.41, 5.74) is 2.66. The van der Waals surface area contributed by atoms with Crippen molar-refractivity contribution in [2.45, 2.75) is 26.2 Å². The largest absolute Gasteiger partial charge is 0.493 e. The molecule has 0 bridgehead atoms. The van der Waals surface area contributed by atoms with Crippen molar-refractivity contribution in [3.8, 4) is 17.4 Å². The number of nitrogens with one attached hydrogen (secondary N) is 1. The van der Waals surface area contributed by atoms with Crippen LogP contribution in [-0.2, 0) is 11.2 Å². The van der Waals surface area contributed by atoms with Crippen LogP contribution in [0.1, 0.15) is 29.9 Å². The molecule has 0 aliphatic carbocycles. The Balaban J connectivity index is 1.26. The maximum atomic E-state index is 14.9. The molecule has 33 heavy (non-hydrogen) atoms. The third-order valence-corrected chi connectivity index (χ3v) is 5.82. The van der Waals surface area contributed by atoms with Gasteiger partial charge in [0.25, 0.3) is 0 Å². The van der Waals surface area contributed by atoms with E-state index in [9.17, 15) is 4.39 Å². The van der Waals surface area contributed by atoms with Crippen molar-refractivity contribution in [1.29, 1.82) is 0 Å². The molecule has 1 fully saturated rings. The number of fused-ring (bicyclic) bond motifs is 1. The van der Waals surface area contributed by atoms with Gasteiger partial charge in [0.2, 0.25) is 5.88 Å². The lowest BCUT2D eigenvalue weighted by molar-refractivity contribution is 0.0497. The van der Waals surface area contributed by atoms with E-state index in [2.05, 4.69) is 15.0 Å². The highest BCUT2D eigenvalue weighted by atomic mass is 19.1. The van der Waals surface area contributed by atoms with Crippen LogP contribution in [0.15, 0.2) is 54.7 Å². The zero-order chi connectivity index (χ0) is 22.6. The van der Waals surface area contributed by atoms with Crippen molar-refractivity contribution < 1.29 is 18.6 Å². The van der Waals surface area contributed by atoms with Gasteiger partial charge in [0, 0.05) is 48.5 Å². The quantitative estimate of drug-likeness (QED) is 0.400. The summed E-state index contributed by atoms with van der Waals surface area (Å²) in [6.45, 7) is 4.21. The third-order valence-electron chi connectivity index (χ3n) is 5.82. The number of hydrogen-bond acceptors (Lipinski definition) is 5. The van der Waals surface area contributed by atoms with Gasteiger partial charge in [-0.1, -0.05) is 12.1 Å². The zero-order valence-electron chi connectivity index (χ0n) is 18.5. The number of ether oxygens (including phenoxy) is 3. The van der Waals surface area contributed by atoms with Gasteiger partial charge in [0.1, 0.15) is 11.6 Å². The van der Waals surface area contributed by atoms with E-state index in [0.717, 1.165) is 48.6 Å². The Morgan fingerprint density at radius 3 is 2.88 bits per heavy atom. The smallest absolute Gasteiger partial charge is 0.222 e. The summed E-state index contributed by atoms with van der Waals surface area (Å²) < 4.78 is 32.0. The summed E-state index contributed by atoms with van der Waals surface area (Å²) in [5.74, 6) is 1.99. The second kappa shape index (κ2) is 9.58. The predicted molar refractivity (Wildman–Crippen MR) is 123 cm³/mol. The summed E-state index contributed by atoms with van der Waals surface area (Å²) in [6, 6.07) is 14.8. The molecule has 2 aromatic heterocycles. The third kappa shape index (κ3) is 5.14. The highest BCUT2D eigenvalue weighted by Crippen LogP contribution is 2.30. The standard InChI is InChI=1S/C26H26FN3O3/c1-17-13-21-22(29-17)5-6-23(26(21)27)33-25-7-10-28-24(30-25)15-19-3-2-4-20(14-19)32-16-18-8-11-31-12-9-18/h2-7,10,13-14,18,29H,8-9,11-12,15-16H2,1H3. The second-order valence-electron chi connectivity index (χ2n) is 8.40. The molecule has 0 unspecified atom stereocenters. The first kappa shape index (κ1) is 21.4. The van der Waals surface area contributed by atoms with E-state index >= 15 is 0 Å². The minimum Gasteiger partial charge on any atom is -0.493 e. The lowest BCUT2D eigenvalue weighted by Gasteiger charge is -2.22. The summed E-state index contributed by atoms with van der Waals surface area (Å²) in [5, 5.41) is 0.497. The fourth-order valence-corrected chi connectivity index (χ4v) is 4.06. The first-order chi connectivity index (χ1) is 16.1. The van der Waals surface area contributed by atoms with Gasteiger partial charge in [-0.3, -0.25) is 0 Å². The maximum absolute atomic E-state index is 14.9. The molecule has 6 nitrogen and oxygen atoms in total. The summed E-state index contributed by atoms with van der Waals surface area (Å²) >= 11 is 0. The van der Waals surface area contributed by atoms with E-state index in [-0.39, 0.29) is 5.75 Å². The monoisotopic (exact) mass is 447 g/mol. The molecule has 1 aliphatic rings. The minimum atomic E-state index is -0.411. The average molecular weight is 448 g/mol. The van der Waals surface area contributed by atoms with Crippen LogP contribution in [0.25, 0.3) is 10.9 Å². The van der Waals surface area contributed by atoms with Crippen LogP contribution in [0.4, 0.5) is 4.39 Å². The van der Waals surface area contributed by atoms with Crippen molar-refractivity contribution in [3.05, 3.63) is 77.6 Å². The van der Waals surface area contributed by atoms with Gasteiger partial charge in [-0.05, 0) is 61.6 Å². The van der Waals surface area contributed by atoms with E-state index < -0.39 is 5.82 Å². The predicted octanol–water partition coefficient (Wildman–Crippen LogP) is 5.59. The van der Waals surface area contributed by atoms with Crippen LogP contribution in [-0.4, -0.2) is 34.8 Å². The summed E-state index contributed by atoms with van der Waals surface area (Å²) in [4.78, 5) is 12.0. The molecule has 170 valence electrons. The Hall–Kier alpha value is -3.45. The second-order valence-corrected chi connectivity index (χ2v) is 8.40. The number of nitrogens with zero attached hydrogens (tertiary/aromatic N) is 2. The molecule has 2 aromatic carbocycles.